The molecule has 0 unspecified atom stereocenters. The summed E-state index contributed by atoms with van der Waals surface area (Å²) in [6, 6.07) is 14.1. The van der Waals surface area contributed by atoms with Crippen molar-refractivity contribution in [1.82, 2.24) is 4.90 Å². The van der Waals surface area contributed by atoms with Crippen LogP contribution in [-0.2, 0) is 11.3 Å². The first-order valence-electron chi connectivity index (χ1n) is 7.35. The van der Waals surface area contributed by atoms with Crippen LogP contribution in [0.25, 0.3) is 0 Å². The Labute approximate surface area is 145 Å². The van der Waals surface area contributed by atoms with Crippen molar-refractivity contribution in [2.45, 2.75) is 11.4 Å². The quantitative estimate of drug-likeness (QED) is 0.473. The van der Waals surface area contributed by atoms with Gasteiger partial charge in [-0.05, 0) is 25.4 Å². The third-order valence-corrected chi connectivity index (χ3v) is 4.22. The Kier molecular flexibility index (Phi) is 6.34. The lowest BCUT2D eigenvalue weighted by Crippen LogP contribution is -2.30. The maximum Gasteiger partial charge on any atom is 0.273 e. The molecule has 0 aliphatic carbocycles. The summed E-state index contributed by atoms with van der Waals surface area (Å²) in [6.45, 7) is 0.476. The lowest BCUT2D eigenvalue weighted by Gasteiger charge is -2.17. The van der Waals surface area contributed by atoms with Gasteiger partial charge in [-0.25, -0.2) is 0 Å². The monoisotopic (exact) mass is 345 g/mol. The van der Waals surface area contributed by atoms with Crippen LogP contribution in [0.15, 0.2) is 53.4 Å². The zero-order chi connectivity index (χ0) is 17.5. The van der Waals surface area contributed by atoms with E-state index in [4.69, 9.17) is 0 Å². The first kappa shape index (κ1) is 18.0. The molecular formula is C17H19N3O3S. The molecule has 0 heterocycles. The molecule has 0 atom stereocenters. The Hall–Kier alpha value is -2.38. The summed E-state index contributed by atoms with van der Waals surface area (Å²) < 4.78 is 0. The van der Waals surface area contributed by atoms with Crippen LogP contribution in [0.3, 0.4) is 0 Å². The van der Waals surface area contributed by atoms with Gasteiger partial charge in [0.2, 0.25) is 5.91 Å². The van der Waals surface area contributed by atoms with E-state index in [1.807, 2.05) is 30.5 Å². The van der Waals surface area contributed by atoms with Crippen molar-refractivity contribution in [1.29, 1.82) is 0 Å². The van der Waals surface area contributed by atoms with Gasteiger partial charge in [0.1, 0.15) is 0 Å². The van der Waals surface area contributed by atoms with Crippen LogP contribution >= 0.6 is 11.8 Å². The zero-order valence-electron chi connectivity index (χ0n) is 13.6. The Balaban J connectivity index is 1.98. The number of amides is 1. The molecule has 7 heteroatoms. The van der Waals surface area contributed by atoms with Crippen LogP contribution in [0.1, 0.15) is 5.56 Å². The molecule has 126 valence electrons. The number of likely N-dealkylation sites (N-methyl/N-ethyl adjacent to an activating group) is 1. The highest BCUT2D eigenvalue weighted by molar-refractivity contribution is 7.98. The lowest BCUT2D eigenvalue weighted by atomic mass is 10.1. The van der Waals surface area contributed by atoms with Crippen molar-refractivity contribution < 1.29 is 9.72 Å². The largest absolute Gasteiger partial charge is 0.324 e. The predicted octanol–water partition coefficient (Wildman–Crippen LogP) is 3.39. The Morgan fingerprint density at radius 3 is 2.58 bits per heavy atom. The highest BCUT2D eigenvalue weighted by Crippen LogP contribution is 2.24. The number of nitrogens with zero attached hydrogens (tertiary/aromatic N) is 2. The highest BCUT2D eigenvalue weighted by atomic mass is 32.2. The van der Waals surface area contributed by atoms with Crippen LogP contribution < -0.4 is 5.32 Å². The molecule has 0 aliphatic rings. The number of carbonyl (C=O) groups excluding carboxylic acids is 1. The minimum atomic E-state index is -0.405. The average Bonchev–Trinajstić information content (AvgIpc) is 2.55. The Morgan fingerprint density at radius 1 is 1.21 bits per heavy atom. The van der Waals surface area contributed by atoms with Crippen molar-refractivity contribution in [3.8, 4) is 0 Å². The number of hydrogen-bond acceptors (Lipinski definition) is 5. The summed E-state index contributed by atoms with van der Waals surface area (Å²) in [4.78, 5) is 25.6. The number of nitrogens with one attached hydrogen (secondary N) is 1. The molecule has 6 nitrogen and oxygen atoms in total. The molecule has 0 aliphatic heterocycles. The molecule has 1 N–H and O–H groups in total. The molecule has 2 aromatic carbocycles. The zero-order valence-corrected chi connectivity index (χ0v) is 14.4. The van der Waals surface area contributed by atoms with Gasteiger partial charge in [-0.1, -0.05) is 30.3 Å². The van der Waals surface area contributed by atoms with Gasteiger partial charge < -0.3 is 5.32 Å². The van der Waals surface area contributed by atoms with Crippen LogP contribution in [0, 0.1) is 10.1 Å². The summed E-state index contributed by atoms with van der Waals surface area (Å²) in [5, 5.41) is 13.9. The van der Waals surface area contributed by atoms with Gasteiger partial charge in [-0.15, -0.1) is 11.8 Å². The standard InChI is InChI=1S/C17H19N3O3S/c1-19(11-13-7-3-5-9-15(13)20(22)23)12-17(21)18-14-8-4-6-10-16(14)24-2/h3-10H,11-12H2,1-2H3,(H,18,21). The van der Waals surface area contributed by atoms with Crippen molar-refractivity contribution in [2.24, 2.45) is 0 Å². The highest BCUT2D eigenvalue weighted by Gasteiger charge is 2.15. The van der Waals surface area contributed by atoms with Gasteiger partial charge in [0.05, 0.1) is 17.2 Å². The van der Waals surface area contributed by atoms with E-state index < -0.39 is 4.92 Å². The average molecular weight is 345 g/mol. The molecule has 1 amide bonds. The number of anilines is 1. The molecule has 24 heavy (non-hydrogen) atoms. The molecule has 0 fully saturated rings. The molecule has 0 saturated heterocycles. The van der Waals surface area contributed by atoms with Gasteiger partial charge in [0.15, 0.2) is 0 Å². The molecule has 0 spiro atoms. The molecule has 2 rings (SSSR count). The molecule has 0 aromatic heterocycles. The van der Waals surface area contributed by atoms with E-state index in [9.17, 15) is 14.9 Å². The van der Waals surface area contributed by atoms with Crippen molar-refractivity contribution in [3.05, 3.63) is 64.2 Å². The van der Waals surface area contributed by atoms with Crippen molar-refractivity contribution in [3.63, 3.8) is 0 Å². The summed E-state index contributed by atoms with van der Waals surface area (Å²) in [5.74, 6) is -0.155. The number of carbonyl (C=O) groups is 1. The Bertz CT molecular complexity index is 737. The third kappa shape index (κ3) is 4.81. The van der Waals surface area contributed by atoms with E-state index in [2.05, 4.69) is 5.32 Å². The van der Waals surface area contributed by atoms with E-state index in [0.29, 0.717) is 12.1 Å². The van der Waals surface area contributed by atoms with Gasteiger partial charge >= 0.3 is 0 Å². The number of rotatable bonds is 7. The number of hydrogen-bond donors (Lipinski definition) is 1. The van der Waals surface area contributed by atoms with Crippen LogP contribution in [0.5, 0.6) is 0 Å². The number of nitro groups is 1. The smallest absolute Gasteiger partial charge is 0.273 e. The minimum Gasteiger partial charge on any atom is -0.324 e. The van der Waals surface area contributed by atoms with E-state index in [1.54, 1.807) is 41.9 Å². The Morgan fingerprint density at radius 2 is 1.88 bits per heavy atom. The minimum absolute atomic E-state index is 0.0671. The summed E-state index contributed by atoms with van der Waals surface area (Å²) in [5.41, 5.74) is 1.42. The SMILES string of the molecule is CSc1ccccc1NC(=O)CN(C)Cc1ccccc1[N+](=O)[O-]. The number of thioether (sulfide) groups is 1. The second-order valence-corrected chi connectivity index (χ2v) is 6.15. The fraction of sp³-hybridized carbons (Fsp3) is 0.235. The maximum atomic E-state index is 12.2. The van der Waals surface area contributed by atoms with E-state index in [0.717, 1.165) is 10.6 Å². The summed E-state index contributed by atoms with van der Waals surface area (Å²) in [6.07, 6.45) is 1.95. The first-order valence-corrected chi connectivity index (χ1v) is 8.57. The number of para-hydroxylation sites is 2. The van der Waals surface area contributed by atoms with Crippen LogP contribution in [0.4, 0.5) is 11.4 Å². The van der Waals surface area contributed by atoms with Crippen molar-refractivity contribution in [2.75, 3.05) is 25.2 Å². The van der Waals surface area contributed by atoms with Gasteiger partial charge in [-0.3, -0.25) is 19.8 Å². The normalized spacial score (nSPS) is 10.6. The fourth-order valence-corrected chi connectivity index (χ4v) is 2.91. The van der Waals surface area contributed by atoms with Crippen LogP contribution in [-0.4, -0.2) is 35.6 Å². The predicted molar refractivity (Wildman–Crippen MR) is 96.3 cm³/mol. The van der Waals surface area contributed by atoms with Gasteiger partial charge in [0, 0.05) is 23.1 Å². The van der Waals surface area contributed by atoms with E-state index >= 15 is 0 Å². The topological polar surface area (TPSA) is 75.5 Å². The maximum absolute atomic E-state index is 12.2. The molecule has 2 aromatic rings. The van der Waals surface area contributed by atoms with E-state index in [1.165, 1.54) is 6.07 Å². The third-order valence-electron chi connectivity index (χ3n) is 3.42. The summed E-state index contributed by atoms with van der Waals surface area (Å²) in [7, 11) is 1.76. The second-order valence-electron chi connectivity index (χ2n) is 5.31. The van der Waals surface area contributed by atoms with Gasteiger partial charge in [-0.2, -0.15) is 0 Å². The molecular weight excluding hydrogens is 326 g/mol. The molecule has 0 bridgehead atoms. The van der Waals surface area contributed by atoms with Gasteiger partial charge in [0.25, 0.3) is 5.69 Å². The summed E-state index contributed by atoms with van der Waals surface area (Å²) >= 11 is 1.56. The molecule has 0 saturated carbocycles. The fourth-order valence-electron chi connectivity index (χ4n) is 2.35. The van der Waals surface area contributed by atoms with E-state index in [-0.39, 0.29) is 18.1 Å². The first-order chi connectivity index (χ1) is 11.5. The van der Waals surface area contributed by atoms with Crippen molar-refractivity contribution >= 4 is 29.0 Å². The number of benzene rings is 2. The molecule has 0 radical (unpaired) electrons. The second kappa shape index (κ2) is 8.47. The lowest BCUT2D eigenvalue weighted by molar-refractivity contribution is -0.385. The van der Waals surface area contributed by atoms with Crippen LogP contribution in [0.2, 0.25) is 0 Å². The number of nitro benzene ring substituents is 1.